The van der Waals surface area contributed by atoms with Crippen molar-refractivity contribution in [2.24, 2.45) is 5.73 Å². The first-order valence-electron chi connectivity index (χ1n) is 4.33. The quantitative estimate of drug-likeness (QED) is 0.477. The number of benzene rings is 1. The Hall–Kier alpha value is -1.68. The van der Waals surface area contributed by atoms with E-state index in [9.17, 15) is 4.79 Å². The number of hydrogen-bond acceptors (Lipinski definition) is 3. The molecular weight excluding hydrogens is 210 g/mol. The number of esters is 1. The van der Waals surface area contributed by atoms with Gasteiger partial charge in [-0.15, -0.1) is 0 Å². The molecule has 0 unspecified atom stereocenters. The van der Waals surface area contributed by atoms with Crippen molar-refractivity contribution in [1.82, 2.24) is 0 Å². The van der Waals surface area contributed by atoms with Crippen LogP contribution in [0.25, 0.3) is 0 Å². The van der Waals surface area contributed by atoms with Crippen LogP contribution in [-0.4, -0.2) is 17.6 Å². The van der Waals surface area contributed by atoms with Crippen LogP contribution in [0.1, 0.15) is 15.9 Å². The summed E-state index contributed by atoms with van der Waals surface area (Å²) in [6, 6.07) is 6.80. The first-order chi connectivity index (χ1) is 7.16. The number of carbonyl (C=O) groups excluding carboxylic acids is 1. The lowest BCUT2D eigenvalue weighted by Gasteiger charge is -2.06. The van der Waals surface area contributed by atoms with Crippen LogP contribution in [0.5, 0.6) is 0 Å². The minimum absolute atomic E-state index is 0.171. The smallest absolute Gasteiger partial charge is 0.339 e. The lowest BCUT2D eigenvalue weighted by atomic mass is 10.1. The largest absolute Gasteiger partial charge is 0.458 e. The zero-order valence-corrected chi connectivity index (χ0v) is 8.92. The predicted molar refractivity (Wildman–Crippen MR) is 62.8 cm³/mol. The van der Waals surface area contributed by atoms with E-state index in [-0.39, 0.29) is 11.6 Å². The Balaban J connectivity index is 2.97. The van der Waals surface area contributed by atoms with Gasteiger partial charge in [-0.05, 0) is 6.07 Å². The van der Waals surface area contributed by atoms with Crippen molar-refractivity contribution in [3.63, 3.8) is 0 Å². The number of ether oxygens (including phenoxy) is 1. The van der Waals surface area contributed by atoms with Gasteiger partial charge in [-0.3, -0.25) is 0 Å². The first kappa shape index (κ1) is 11.4. The Morgan fingerprint density at radius 2 is 2.07 bits per heavy atom. The Morgan fingerprint density at radius 1 is 1.47 bits per heavy atom. The summed E-state index contributed by atoms with van der Waals surface area (Å²) in [6.45, 7) is 3.63. The van der Waals surface area contributed by atoms with Crippen LogP contribution in [0.4, 0.5) is 0 Å². The van der Waals surface area contributed by atoms with Gasteiger partial charge in [-0.2, -0.15) is 0 Å². The molecule has 2 N–H and O–H groups in total. The van der Waals surface area contributed by atoms with Crippen LogP contribution in [0.15, 0.2) is 36.9 Å². The fourth-order valence-electron chi connectivity index (χ4n) is 1.09. The molecule has 0 aromatic heterocycles. The average Bonchev–Trinajstić information content (AvgIpc) is 2.25. The van der Waals surface area contributed by atoms with Gasteiger partial charge in [0.15, 0.2) is 0 Å². The van der Waals surface area contributed by atoms with Crippen LogP contribution >= 0.6 is 12.2 Å². The summed E-state index contributed by atoms with van der Waals surface area (Å²) < 4.78 is 4.90. The Kier molecular flexibility index (Phi) is 4.00. The fraction of sp³-hybridized carbons (Fsp3) is 0.0909. The molecule has 0 atom stereocenters. The summed E-state index contributed by atoms with van der Waals surface area (Å²) in [5.74, 6) is -0.446. The second-order valence-corrected chi connectivity index (χ2v) is 3.24. The molecule has 0 saturated heterocycles. The Bertz CT molecular complexity index is 401. The minimum atomic E-state index is -0.446. The summed E-state index contributed by atoms with van der Waals surface area (Å²) >= 11 is 4.83. The van der Waals surface area contributed by atoms with Gasteiger partial charge < -0.3 is 10.5 Å². The third-order valence-electron chi connectivity index (χ3n) is 1.74. The molecule has 0 aliphatic heterocycles. The van der Waals surface area contributed by atoms with E-state index >= 15 is 0 Å². The van der Waals surface area contributed by atoms with Gasteiger partial charge in [-0.25, -0.2) is 4.79 Å². The third-order valence-corrected chi connectivity index (χ3v) is 1.96. The van der Waals surface area contributed by atoms with Gasteiger partial charge in [0.1, 0.15) is 11.6 Å². The maximum Gasteiger partial charge on any atom is 0.339 e. The van der Waals surface area contributed by atoms with Crippen molar-refractivity contribution >= 4 is 23.2 Å². The van der Waals surface area contributed by atoms with Crippen LogP contribution in [0.2, 0.25) is 0 Å². The molecule has 0 heterocycles. The van der Waals surface area contributed by atoms with Gasteiger partial charge in [0.25, 0.3) is 0 Å². The molecule has 1 rings (SSSR count). The van der Waals surface area contributed by atoms with E-state index in [1.807, 2.05) is 0 Å². The molecule has 1 aromatic carbocycles. The number of rotatable bonds is 4. The topological polar surface area (TPSA) is 52.3 Å². The summed E-state index contributed by atoms with van der Waals surface area (Å²) in [6.07, 6.45) is 1.50. The minimum Gasteiger partial charge on any atom is -0.458 e. The number of nitrogens with two attached hydrogens (primary N) is 1. The summed E-state index contributed by atoms with van der Waals surface area (Å²) in [5, 5.41) is 0. The molecular formula is C11H11NO2S. The molecule has 0 spiro atoms. The third kappa shape index (κ3) is 2.89. The fourth-order valence-corrected chi connectivity index (χ4v) is 1.27. The van der Waals surface area contributed by atoms with E-state index in [1.54, 1.807) is 24.3 Å². The zero-order valence-electron chi connectivity index (χ0n) is 8.10. The average molecular weight is 221 g/mol. The zero-order chi connectivity index (χ0) is 11.3. The van der Waals surface area contributed by atoms with Crippen LogP contribution in [0, 0.1) is 0 Å². The molecule has 0 fully saturated rings. The molecule has 4 heteroatoms. The van der Waals surface area contributed by atoms with Crippen LogP contribution in [-0.2, 0) is 4.74 Å². The number of thiocarbonyl (C=S) groups is 1. The standard InChI is InChI=1S/C11H11NO2S/c1-2-7-14-11(13)9-6-4-3-5-8(9)10(12)15/h2-6H,1,7H2,(H2,12,15). The SMILES string of the molecule is C=CCOC(=O)c1ccccc1C(N)=S. The molecule has 0 amide bonds. The van der Waals surface area contributed by atoms with E-state index in [4.69, 9.17) is 22.7 Å². The molecule has 3 nitrogen and oxygen atoms in total. The Labute approximate surface area is 93.5 Å². The first-order valence-corrected chi connectivity index (χ1v) is 4.74. The molecule has 0 aliphatic rings. The molecule has 78 valence electrons. The van der Waals surface area contributed by atoms with E-state index in [0.29, 0.717) is 11.1 Å². The van der Waals surface area contributed by atoms with Crippen molar-refractivity contribution in [3.8, 4) is 0 Å². The van der Waals surface area contributed by atoms with Crippen molar-refractivity contribution in [1.29, 1.82) is 0 Å². The van der Waals surface area contributed by atoms with Gasteiger partial charge in [-0.1, -0.05) is 43.1 Å². The van der Waals surface area contributed by atoms with Crippen molar-refractivity contribution in [3.05, 3.63) is 48.0 Å². The van der Waals surface area contributed by atoms with Crippen molar-refractivity contribution < 1.29 is 9.53 Å². The molecule has 1 aromatic rings. The summed E-state index contributed by atoms with van der Waals surface area (Å²) in [4.78, 5) is 11.7. The van der Waals surface area contributed by atoms with Gasteiger partial charge in [0, 0.05) is 5.56 Å². The second kappa shape index (κ2) is 5.26. The maximum absolute atomic E-state index is 11.5. The van der Waals surface area contributed by atoms with Gasteiger partial charge in [0.05, 0.1) is 5.56 Å². The van der Waals surface area contributed by atoms with E-state index in [0.717, 1.165) is 0 Å². The highest BCUT2D eigenvalue weighted by molar-refractivity contribution is 7.80. The van der Waals surface area contributed by atoms with Crippen molar-refractivity contribution in [2.45, 2.75) is 0 Å². The van der Waals surface area contributed by atoms with Crippen LogP contribution < -0.4 is 5.73 Å². The molecule has 0 radical (unpaired) electrons. The van der Waals surface area contributed by atoms with Gasteiger partial charge in [0.2, 0.25) is 0 Å². The second-order valence-electron chi connectivity index (χ2n) is 2.80. The van der Waals surface area contributed by atoms with Gasteiger partial charge >= 0.3 is 5.97 Å². The lowest BCUT2D eigenvalue weighted by Crippen LogP contribution is -2.16. The highest BCUT2D eigenvalue weighted by Gasteiger charge is 2.12. The molecule has 0 bridgehead atoms. The highest BCUT2D eigenvalue weighted by Crippen LogP contribution is 2.10. The Morgan fingerprint density at radius 3 is 2.60 bits per heavy atom. The number of hydrogen-bond donors (Lipinski definition) is 1. The van der Waals surface area contributed by atoms with Crippen molar-refractivity contribution in [2.75, 3.05) is 6.61 Å². The summed E-state index contributed by atoms with van der Waals surface area (Å²) in [5.41, 5.74) is 6.40. The molecule has 0 aliphatic carbocycles. The van der Waals surface area contributed by atoms with E-state index in [2.05, 4.69) is 6.58 Å². The predicted octanol–water partition coefficient (Wildman–Crippen LogP) is 1.66. The number of carbonyl (C=O) groups is 1. The highest BCUT2D eigenvalue weighted by atomic mass is 32.1. The maximum atomic E-state index is 11.5. The normalized spacial score (nSPS) is 9.33. The van der Waals surface area contributed by atoms with Crippen LogP contribution in [0.3, 0.4) is 0 Å². The molecule has 15 heavy (non-hydrogen) atoms. The lowest BCUT2D eigenvalue weighted by molar-refractivity contribution is 0.0549. The molecule has 0 saturated carbocycles. The summed E-state index contributed by atoms with van der Waals surface area (Å²) in [7, 11) is 0. The van der Waals surface area contributed by atoms with E-state index in [1.165, 1.54) is 6.08 Å². The van der Waals surface area contributed by atoms with E-state index < -0.39 is 5.97 Å². The monoisotopic (exact) mass is 221 g/mol.